The van der Waals surface area contributed by atoms with Crippen LogP contribution in [-0.2, 0) is 0 Å². The fraction of sp³-hybridized carbons (Fsp3) is 0.200. The van der Waals surface area contributed by atoms with E-state index in [4.69, 9.17) is 0 Å². The van der Waals surface area contributed by atoms with Crippen LogP contribution in [0.15, 0.2) is 65.3 Å². The molecule has 0 aliphatic carbocycles. The van der Waals surface area contributed by atoms with Gasteiger partial charge in [-0.15, -0.1) is 0 Å². The summed E-state index contributed by atoms with van der Waals surface area (Å²) in [6.45, 7) is 0. The van der Waals surface area contributed by atoms with Crippen molar-refractivity contribution in [2.45, 2.75) is 17.9 Å². The van der Waals surface area contributed by atoms with Gasteiger partial charge in [0.25, 0.3) is 5.54 Å². The molecular formula is C20H12F8N2O. The van der Waals surface area contributed by atoms with E-state index >= 15 is 0 Å². The number of rotatable bonds is 3. The first kappa shape index (κ1) is 22.4. The third-order valence-electron chi connectivity index (χ3n) is 4.64. The molecule has 0 saturated heterocycles. The number of halogens is 8. The van der Waals surface area contributed by atoms with Gasteiger partial charge >= 0.3 is 12.4 Å². The van der Waals surface area contributed by atoms with Crippen LogP contribution >= 0.6 is 0 Å². The van der Waals surface area contributed by atoms with Gasteiger partial charge in [0.2, 0.25) is 0 Å². The predicted molar refractivity (Wildman–Crippen MR) is 94.4 cm³/mol. The second-order valence-corrected chi connectivity index (χ2v) is 6.61. The summed E-state index contributed by atoms with van der Waals surface area (Å²) in [5, 5.41) is 0. The minimum Gasteiger partial charge on any atom is -0.330 e. The Hall–Kier alpha value is -3.24. The minimum atomic E-state index is -5.96. The number of hydrogen-bond donors (Lipinski definition) is 0. The maximum absolute atomic E-state index is 13.9. The third kappa shape index (κ3) is 3.79. The van der Waals surface area contributed by atoms with Gasteiger partial charge in [-0.2, -0.15) is 26.3 Å². The lowest BCUT2D eigenvalue weighted by Crippen LogP contribution is -2.56. The zero-order valence-electron chi connectivity index (χ0n) is 15.5. The van der Waals surface area contributed by atoms with Crippen LogP contribution in [0.25, 0.3) is 0 Å². The molecule has 0 radical (unpaired) electrons. The van der Waals surface area contributed by atoms with Gasteiger partial charge < -0.3 is 4.90 Å². The van der Waals surface area contributed by atoms with Crippen molar-refractivity contribution < 1.29 is 39.9 Å². The van der Waals surface area contributed by atoms with Crippen LogP contribution in [0.3, 0.4) is 0 Å². The summed E-state index contributed by atoms with van der Waals surface area (Å²) >= 11 is 0. The van der Waals surface area contributed by atoms with Gasteiger partial charge in [0.1, 0.15) is 17.5 Å². The van der Waals surface area contributed by atoms with Crippen LogP contribution in [0.4, 0.5) is 35.1 Å². The number of benzene rings is 2. The van der Waals surface area contributed by atoms with Crippen LogP contribution in [0, 0.1) is 11.6 Å². The lowest BCUT2D eigenvalue weighted by molar-refractivity contribution is -0.282. The Morgan fingerprint density at radius 2 is 1.32 bits per heavy atom. The SMILES string of the molecule is CN1C(c2ccc(F)cc2)=NC(C(F)(F)F)(C(F)(F)F)/C1=C/C(=O)c1ccc(F)cc1. The number of amidine groups is 1. The number of nitrogens with zero attached hydrogens (tertiary/aromatic N) is 2. The van der Waals surface area contributed by atoms with E-state index in [9.17, 15) is 39.9 Å². The summed E-state index contributed by atoms with van der Waals surface area (Å²) < 4.78 is 109. The van der Waals surface area contributed by atoms with Crippen molar-refractivity contribution in [3.8, 4) is 0 Å². The van der Waals surface area contributed by atoms with Crippen molar-refractivity contribution in [1.82, 2.24) is 4.90 Å². The second-order valence-electron chi connectivity index (χ2n) is 6.61. The Morgan fingerprint density at radius 1 is 0.871 bits per heavy atom. The number of ketones is 1. The number of likely N-dealkylation sites (N-methyl/N-ethyl adjacent to an activating group) is 1. The Morgan fingerprint density at radius 3 is 1.77 bits per heavy atom. The van der Waals surface area contributed by atoms with Gasteiger partial charge in [-0.05, 0) is 48.5 Å². The van der Waals surface area contributed by atoms with E-state index in [1.165, 1.54) is 0 Å². The lowest BCUT2D eigenvalue weighted by atomic mass is 9.92. The van der Waals surface area contributed by atoms with Crippen LogP contribution in [0.5, 0.6) is 0 Å². The fourth-order valence-electron chi connectivity index (χ4n) is 3.11. The number of alkyl halides is 6. The quantitative estimate of drug-likeness (QED) is 0.363. The molecule has 1 heterocycles. The normalized spacial score (nSPS) is 17.8. The van der Waals surface area contributed by atoms with Crippen molar-refractivity contribution in [2.75, 3.05) is 7.05 Å². The highest BCUT2D eigenvalue weighted by Crippen LogP contribution is 2.54. The molecule has 0 spiro atoms. The Kier molecular flexibility index (Phi) is 5.41. The number of carbonyl (C=O) groups excluding carboxylic acids is 1. The smallest absolute Gasteiger partial charge is 0.330 e. The van der Waals surface area contributed by atoms with Gasteiger partial charge in [-0.1, -0.05) is 0 Å². The Balaban J connectivity index is 2.23. The molecule has 2 aromatic rings. The zero-order chi connectivity index (χ0) is 23.2. The molecule has 3 rings (SSSR count). The van der Waals surface area contributed by atoms with E-state index in [0.717, 1.165) is 55.6 Å². The zero-order valence-corrected chi connectivity index (χ0v) is 15.5. The van der Waals surface area contributed by atoms with E-state index in [0.29, 0.717) is 4.90 Å². The van der Waals surface area contributed by atoms with Crippen molar-refractivity contribution in [2.24, 2.45) is 4.99 Å². The standard InChI is InChI=1S/C20H12F8N2O/c1-30-16(10-15(31)11-2-6-13(21)7-3-11)18(19(23,24)25,20(26,27)28)29-17(30)12-4-8-14(22)9-5-12/h2-10H,1H3/b16-10-. The van der Waals surface area contributed by atoms with Gasteiger partial charge in [-0.25, -0.2) is 13.8 Å². The van der Waals surface area contributed by atoms with Gasteiger partial charge in [0.05, 0.1) is 5.70 Å². The third-order valence-corrected chi connectivity index (χ3v) is 4.64. The monoisotopic (exact) mass is 448 g/mol. The molecule has 1 aliphatic rings. The van der Waals surface area contributed by atoms with E-state index in [1.54, 1.807) is 0 Å². The van der Waals surface area contributed by atoms with Crippen LogP contribution in [0.1, 0.15) is 15.9 Å². The fourth-order valence-corrected chi connectivity index (χ4v) is 3.11. The minimum absolute atomic E-state index is 0.175. The molecule has 11 heteroatoms. The summed E-state index contributed by atoms with van der Waals surface area (Å²) in [5.74, 6) is -3.47. The number of carbonyl (C=O) groups is 1. The largest absolute Gasteiger partial charge is 0.428 e. The summed E-state index contributed by atoms with van der Waals surface area (Å²) in [6, 6.07) is 7.15. The van der Waals surface area contributed by atoms with Crippen molar-refractivity contribution in [3.63, 3.8) is 0 Å². The molecule has 31 heavy (non-hydrogen) atoms. The van der Waals surface area contributed by atoms with Crippen molar-refractivity contribution in [3.05, 3.63) is 83.1 Å². The number of allylic oxidation sites excluding steroid dienone is 1. The second kappa shape index (κ2) is 7.47. The molecule has 3 nitrogen and oxygen atoms in total. The number of hydrogen-bond acceptors (Lipinski definition) is 3. The predicted octanol–water partition coefficient (Wildman–Crippen LogP) is 5.29. The average molecular weight is 448 g/mol. The van der Waals surface area contributed by atoms with E-state index in [1.807, 2.05) is 0 Å². The van der Waals surface area contributed by atoms with Crippen molar-refractivity contribution >= 4 is 11.6 Å². The summed E-state index contributed by atoms with van der Waals surface area (Å²) in [7, 11) is 0.880. The highest BCUT2D eigenvalue weighted by Gasteiger charge is 2.76. The van der Waals surface area contributed by atoms with Crippen LogP contribution in [-0.4, -0.2) is 41.5 Å². The Labute approximate surface area is 170 Å². The highest BCUT2D eigenvalue weighted by atomic mass is 19.4. The lowest BCUT2D eigenvalue weighted by Gasteiger charge is -2.33. The van der Waals surface area contributed by atoms with Gasteiger partial charge in [-0.3, -0.25) is 4.79 Å². The molecule has 0 amide bonds. The summed E-state index contributed by atoms with van der Waals surface area (Å²) in [6.07, 6.45) is -11.7. The van der Waals surface area contributed by atoms with Crippen LogP contribution in [0.2, 0.25) is 0 Å². The van der Waals surface area contributed by atoms with E-state index < -0.39 is 46.8 Å². The molecule has 0 saturated carbocycles. The first-order chi connectivity index (χ1) is 14.3. The topological polar surface area (TPSA) is 32.7 Å². The van der Waals surface area contributed by atoms with E-state index in [2.05, 4.69) is 4.99 Å². The highest BCUT2D eigenvalue weighted by molar-refractivity contribution is 6.07. The average Bonchev–Trinajstić information content (AvgIpc) is 2.96. The molecule has 164 valence electrons. The first-order valence-electron chi connectivity index (χ1n) is 8.53. The maximum atomic E-state index is 13.9. The van der Waals surface area contributed by atoms with Gasteiger partial charge in [0, 0.05) is 24.3 Å². The first-order valence-corrected chi connectivity index (χ1v) is 8.53. The molecule has 1 aliphatic heterocycles. The molecule has 0 unspecified atom stereocenters. The van der Waals surface area contributed by atoms with Crippen LogP contribution < -0.4 is 0 Å². The summed E-state index contributed by atoms with van der Waals surface area (Å²) in [5.41, 5.74) is -6.76. The molecule has 0 fully saturated rings. The van der Waals surface area contributed by atoms with E-state index in [-0.39, 0.29) is 17.2 Å². The maximum Gasteiger partial charge on any atom is 0.428 e. The Bertz CT molecular complexity index is 1040. The molecular weight excluding hydrogens is 436 g/mol. The van der Waals surface area contributed by atoms with Crippen molar-refractivity contribution in [1.29, 1.82) is 0 Å². The molecule has 2 aromatic carbocycles. The molecule has 0 bridgehead atoms. The van der Waals surface area contributed by atoms with Gasteiger partial charge in [0.15, 0.2) is 5.78 Å². The number of aliphatic imine (C=N–C) groups is 1. The molecule has 0 N–H and O–H groups in total. The summed E-state index contributed by atoms with van der Waals surface area (Å²) in [4.78, 5) is 15.9. The molecule has 0 aromatic heterocycles. The molecule has 0 atom stereocenters.